The van der Waals surface area contributed by atoms with E-state index in [1.54, 1.807) is 48.5 Å². The van der Waals surface area contributed by atoms with E-state index in [1.165, 1.54) is 0 Å². The highest BCUT2D eigenvalue weighted by Crippen LogP contribution is 2.14. The van der Waals surface area contributed by atoms with Gasteiger partial charge in [-0.25, -0.2) is 0 Å². The second-order valence-corrected chi connectivity index (χ2v) is 6.05. The average molecular weight is 411 g/mol. The molecule has 2 aromatic rings. The summed E-state index contributed by atoms with van der Waals surface area (Å²) < 4.78 is 0.851. The maximum Gasteiger partial charge on any atom is 0.313 e. The molecule has 124 valence electrons. The van der Waals surface area contributed by atoms with Gasteiger partial charge < -0.3 is 16.0 Å². The van der Waals surface area contributed by atoms with E-state index in [-0.39, 0.29) is 6.54 Å². The third-order valence-corrected chi connectivity index (χ3v) is 3.63. The Labute approximate surface area is 151 Å². The van der Waals surface area contributed by atoms with Gasteiger partial charge in [0.05, 0.1) is 6.54 Å². The zero-order valence-corrected chi connectivity index (χ0v) is 14.6. The van der Waals surface area contributed by atoms with Gasteiger partial charge in [-0.3, -0.25) is 14.4 Å². The molecule has 0 aliphatic heterocycles. The standard InChI is InChI=1S/C16H13BrClN3O3/c17-10-1-5-13(6-2-10)21-16(24)15(23)19-9-14(22)20-12-7-3-11(18)4-8-12/h1-8H,9H2,(H,19,23)(H,20,22)(H,21,24). The summed E-state index contributed by atoms with van der Waals surface area (Å²) in [6.07, 6.45) is 0. The van der Waals surface area contributed by atoms with Crippen LogP contribution in [0.1, 0.15) is 0 Å². The Hall–Kier alpha value is -2.38. The highest BCUT2D eigenvalue weighted by molar-refractivity contribution is 9.10. The number of benzene rings is 2. The Balaban J connectivity index is 1.79. The number of rotatable bonds is 4. The summed E-state index contributed by atoms with van der Waals surface area (Å²) in [4.78, 5) is 35.1. The third kappa shape index (κ3) is 5.68. The van der Waals surface area contributed by atoms with Crippen molar-refractivity contribution >= 4 is 56.6 Å². The first-order valence-electron chi connectivity index (χ1n) is 6.84. The van der Waals surface area contributed by atoms with Crippen LogP contribution in [0.4, 0.5) is 11.4 Å². The van der Waals surface area contributed by atoms with Gasteiger partial charge >= 0.3 is 11.8 Å². The van der Waals surface area contributed by atoms with E-state index < -0.39 is 17.7 Å². The molecule has 3 N–H and O–H groups in total. The molecule has 0 unspecified atom stereocenters. The van der Waals surface area contributed by atoms with Gasteiger partial charge in [0, 0.05) is 20.9 Å². The van der Waals surface area contributed by atoms with Crippen molar-refractivity contribution in [2.45, 2.75) is 0 Å². The van der Waals surface area contributed by atoms with Crippen LogP contribution in [0.5, 0.6) is 0 Å². The van der Waals surface area contributed by atoms with Gasteiger partial charge in [0.2, 0.25) is 5.91 Å². The summed E-state index contributed by atoms with van der Waals surface area (Å²) in [5.41, 5.74) is 1.02. The normalized spacial score (nSPS) is 9.92. The Morgan fingerprint density at radius 2 is 1.38 bits per heavy atom. The van der Waals surface area contributed by atoms with Crippen LogP contribution in [0.25, 0.3) is 0 Å². The second-order valence-electron chi connectivity index (χ2n) is 4.70. The molecule has 0 aliphatic carbocycles. The molecule has 0 saturated carbocycles. The molecule has 0 atom stereocenters. The van der Waals surface area contributed by atoms with Crippen molar-refractivity contribution in [1.29, 1.82) is 0 Å². The van der Waals surface area contributed by atoms with Crippen LogP contribution in [0.3, 0.4) is 0 Å². The highest BCUT2D eigenvalue weighted by atomic mass is 79.9. The molecule has 0 radical (unpaired) electrons. The number of carbonyl (C=O) groups is 3. The van der Waals surface area contributed by atoms with E-state index in [4.69, 9.17) is 11.6 Å². The number of hydrogen-bond donors (Lipinski definition) is 3. The second kappa shape index (κ2) is 8.47. The Morgan fingerprint density at radius 1 is 0.833 bits per heavy atom. The number of carbonyl (C=O) groups excluding carboxylic acids is 3. The summed E-state index contributed by atoms with van der Waals surface area (Å²) in [6, 6.07) is 13.2. The fraction of sp³-hybridized carbons (Fsp3) is 0.0625. The molecule has 0 spiro atoms. The number of halogens is 2. The molecule has 2 aromatic carbocycles. The molecule has 0 aliphatic rings. The predicted molar refractivity (Wildman–Crippen MR) is 95.9 cm³/mol. The Bertz CT molecular complexity index is 748. The first-order valence-corrected chi connectivity index (χ1v) is 8.01. The molecular formula is C16H13BrClN3O3. The average Bonchev–Trinajstić information content (AvgIpc) is 2.57. The van der Waals surface area contributed by atoms with Gasteiger partial charge in [-0.05, 0) is 48.5 Å². The summed E-state index contributed by atoms with van der Waals surface area (Å²) in [5, 5.41) is 7.79. The van der Waals surface area contributed by atoms with Crippen LogP contribution in [0, 0.1) is 0 Å². The van der Waals surface area contributed by atoms with Gasteiger partial charge in [-0.1, -0.05) is 27.5 Å². The van der Waals surface area contributed by atoms with E-state index in [0.717, 1.165) is 4.47 Å². The van der Waals surface area contributed by atoms with Crippen molar-refractivity contribution in [1.82, 2.24) is 5.32 Å². The van der Waals surface area contributed by atoms with E-state index in [2.05, 4.69) is 31.9 Å². The molecule has 2 rings (SSSR count). The first-order chi connectivity index (χ1) is 11.4. The summed E-state index contributed by atoms with van der Waals surface area (Å²) in [6.45, 7) is -0.324. The number of anilines is 2. The van der Waals surface area contributed by atoms with Crippen molar-refractivity contribution in [3.63, 3.8) is 0 Å². The molecule has 6 nitrogen and oxygen atoms in total. The summed E-state index contributed by atoms with van der Waals surface area (Å²) >= 11 is 9.01. The summed E-state index contributed by atoms with van der Waals surface area (Å²) in [5.74, 6) is -2.21. The largest absolute Gasteiger partial charge is 0.339 e. The molecule has 0 bridgehead atoms. The zero-order chi connectivity index (χ0) is 17.5. The lowest BCUT2D eigenvalue weighted by molar-refractivity contribution is -0.136. The van der Waals surface area contributed by atoms with E-state index >= 15 is 0 Å². The van der Waals surface area contributed by atoms with Crippen LogP contribution in [-0.4, -0.2) is 24.3 Å². The van der Waals surface area contributed by atoms with Gasteiger partial charge in [-0.2, -0.15) is 0 Å². The van der Waals surface area contributed by atoms with Gasteiger partial charge in [0.1, 0.15) is 0 Å². The Morgan fingerprint density at radius 3 is 2.00 bits per heavy atom. The fourth-order valence-electron chi connectivity index (χ4n) is 1.70. The number of nitrogens with one attached hydrogen (secondary N) is 3. The van der Waals surface area contributed by atoms with Crippen LogP contribution in [-0.2, 0) is 14.4 Å². The molecule has 0 aromatic heterocycles. The third-order valence-electron chi connectivity index (χ3n) is 2.85. The van der Waals surface area contributed by atoms with Crippen LogP contribution < -0.4 is 16.0 Å². The number of hydrogen-bond acceptors (Lipinski definition) is 3. The Kier molecular flexibility index (Phi) is 6.34. The lowest BCUT2D eigenvalue weighted by atomic mass is 10.3. The van der Waals surface area contributed by atoms with Gasteiger partial charge in [0.15, 0.2) is 0 Å². The monoisotopic (exact) mass is 409 g/mol. The molecule has 0 heterocycles. The van der Waals surface area contributed by atoms with Crippen molar-refractivity contribution in [2.75, 3.05) is 17.2 Å². The number of amides is 3. The maximum atomic E-state index is 11.7. The molecular weight excluding hydrogens is 398 g/mol. The quantitative estimate of drug-likeness (QED) is 0.677. The smallest absolute Gasteiger partial charge is 0.313 e. The van der Waals surface area contributed by atoms with Crippen molar-refractivity contribution in [3.05, 3.63) is 58.0 Å². The minimum atomic E-state index is -0.899. The fourth-order valence-corrected chi connectivity index (χ4v) is 2.09. The lowest BCUT2D eigenvalue weighted by Gasteiger charge is -2.08. The van der Waals surface area contributed by atoms with Crippen molar-refractivity contribution in [3.8, 4) is 0 Å². The molecule has 0 saturated heterocycles. The topological polar surface area (TPSA) is 87.3 Å². The first kappa shape index (κ1) is 18.0. The minimum Gasteiger partial charge on any atom is -0.339 e. The van der Waals surface area contributed by atoms with Crippen molar-refractivity contribution in [2.24, 2.45) is 0 Å². The SMILES string of the molecule is O=C(CNC(=O)C(=O)Nc1ccc(Br)cc1)Nc1ccc(Cl)cc1. The minimum absolute atomic E-state index is 0.324. The van der Waals surface area contributed by atoms with Crippen molar-refractivity contribution < 1.29 is 14.4 Å². The predicted octanol–water partition coefficient (Wildman–Crippen LogP) is 2.80. The van der Waals surface area contributed by atoms with E-state index in [0.29, 0.717) is 16.4 Å². The summed E-state index contributed by atoms with van der Waals surface area (Å²) in [7, 11) is 0. The molecule has 0 fully saturated rings. The maximum absolute atomic E-state index is 11.7. The molecule has 3 amide bonds. The van der Waals surface area contributed by atoms with E-state index in [9.17, 15) is 14.4 Å². The lowest BCUT2D eigenvalue weighted by Crippen LogP contribution is -2.39. The van der Waals surface area contributed by atoms with Crippen LogP contribution in [0.2, 0.25) is 5.02 Å². The van der Waals surface area contributed by atoms with E-state index in [1.807, 2.05) is 0 Å². The zero-order valence-electron chi connectivity index (χ0n) is 12.3. The highest BCUT2D eigenvalue weighted by Gasteiger charge is 2.14. The van der Waals surface area contributed by atoms with Crippen LogP contribution in [0.15, 0.2) is 53.0 Å². The van der Waals surface area contributed by atoms with Crippen LogP contribution >= 0.6 is 27.5 Å². The van der Waals surface area contributed by atoms with Gasteiger partial charge in [-0.15, -0.1) is 0 Å². The molecule has 24 heavy (non-hydrogen) atoms. The van der Waals surface area contributed by atoms with Gasteiger partial charge in [0.25, 0.3) is 0 Å². The molecule has 8 heteroatoms.